The summed E-state index contributed by atoms with van der Waals surface area (Å²) in [5, 5.41) is 5.01. The van der Waals surface area contributed by atoms with Crippen LogP contribution in [0.5, 0.6) is 0 Å². The van der Waals surface area contributed by atoms with Gasteiger partial charge in [-0.25, -0.2) is 4.98 Å². The first kappa shape index (κ1) is 18.4. The van der Waals surface area contributed by atoms with Gasteiger partial charge in [-0.05, 0) is 49.8 Å². The molecule has 0 atom stereocenters. The van der Waals surface area contributed by atoms with Crippen LogP contribution in [0.25, 0.3) is 0 Å². The molecule has 1 heterocycles. The highest BCUT2D eigenvalue weighted by atomic mass is 32.2. The normalized spacial score (nSPS) is 13.8. The van der Waals surface area contributed by atoms with E-state index in [1.54, 1.807) is 23.1 Å². The van der Waals surface area contributed by atoms with E-state index < -0.39 is 0 Å². The van der Waals surface area contributed by atoms with Crippen LogP contribution < -0.4 is 5.32 Å². The largest absolute Gasteiger partial charge is 0.381 e. The minimum Gasteiger partial charge on any atom is -0.381 e. The van der Waals surface area contributed by atoms with Gasteiger partial charge in [-0.15, -0.1) is 11.3 Å². The number of thioether (sulfide) groups is 1. The van der Waals surface area contributed by atoms with Crippen LogP contribution in [0.2, 0.25) is 0 Å². The summed E-state index contributed by atoms with van der Waals surface area (Å²) in [6.07, 6.45) is 3.49. The van der Waals surface area contributed by atoms with Crippen molar-refractivity contribution < 1.29 is 9.53 Å². The van der Waals surface area contributed by atoms with Crippen LogP contribution in [0, 0.1) is 12.8 Å². The summed E-state index contributed by atoms with van der Waals surface area (Å²) in [5.41, 5.74) is 2.97. The van der Waals surface area contributed by atoms with Gasteiger partial charge in [0.15, 0.2) is 0 Å². The molecule has 0 unspecified atom stereocenters. The van der Waals surface area contributed by atoms with E-state index in [1.165, 1.54) is 18.4 Å². The molecule has 0 spiro atoms. The molecule has 4 nitrogen and oxygen atoms in total. The first-order chi connectivity index (χ1) is 12.2. The van der Waals surface area contributed by atoms with E-state index in [-0.39, 0.29) is 5.91 Å². The van der Waals surface area contributed by atoms with Gasteiger partial charge in [0.2, 0.25) is 0 Å². The maximum atomic E-state index is 12.1. The minimum absolute atomic E-state index is 0.0167. The molecule has 3 rings (SSSR count). The molecule has 0 radical (unpaired) electrons. The second-order valence-corrected chi connectivity index (χ2v) is 8.45. The van der Waals surface area contributed by atoms with Crippen molar-refractivity contribution in [3.05, 3.63) is 46.5 Å². The van der Waals surface area contributed by atoms with Gasteiger partial charge in [0.25, 0.3) is 5.91 Å². The molecule has 0 bridgehead atoms. The van der Waals surface area contributed by atoms with Crippen molar-refractivity contribution in [1.82, 2.24) is 10.3 Å². The van der Waals surface area contributed by atoms with Gasteiger partial charge in [-0.1, -0.05) is 23.9 Å². The zero-order valence-corrected chi connectivity index (χ0v) is 16.1. The lowest BCUT2D eigenvalue weighted by molar-refractivity contribution is 0.0937. The molecule has 134 valence electrons. The Hall–Kier alpha value is -1.37. The van der Waals surface area contributed by atoms with Crippen molar-refractivity contribution in [2.24, 2.45) is 5.92 Å². The lowest BCUT2D eigenvalue weighted by Gasteiger charge is -2.07. The highest BCUT2D eigenvalue weighted by Gasteiger charge is 2.20. The number of ether oxygens (including phenoxy) is 1. The van der Waals surface area contributed by atoms with Crippen molar-refractivity contribution in [2.75, 3.05) is 19.8 Å². The molecule has 1 aliphatic rings. The maximum absolute atomic E-state index is 12.1. The number of benzene rings is 1. The van der Waals surface area contributed by atoms with Gasteiger partial charge in [-0.3, -0.25) is 4.79 Å². The van der Waals surface area contributed by atoms with Crippen molar-refractivity contribution in [3.63, 3.8) is 0 Å². The maximum Gasteiger partial charge on any atom is 0.251 e. The molecule has 1 aromatic heterocycles. The van der Waals surface area contributed by atoms with Crippen molar-refractivity contribution in [2.45, 2.75) is 36.3 Å². The van der Waals surface area contributed by atoms with E-state index in [2.05, 4.69) is 15.7 Å². The number of aryl methyl sites for hydroxylation is 1. The molecular formula is C19H24N2O2S2. The van der Waals surface area contributed by atoms with E-state index in [0.717, 1.165) is 41.3 Å². The van der Waals surface area contributed by atoms with E-state index in [9.17, 15) is 4.79 Å². The first-order valence-corrected chi connectivity index (χ1v) is 10.6. The minimum atomic E-state index is -0.0167. The second-order valence-electron chi connectivity index (χ2n) is 6.37. The van der Waals surface area contributed by atoms with Crippen LogP contribution >= 0.6 is 23.1 Å². The standard InChI is InChI=1S/C19H24N2O2S2/c1-14-12-24-19(21-14)25-13-16-5-7-17(8-6-16)18(22)20-9-2-10-23-11-15-3-4-15/h5-8,12,15H,2-4,9-11,13H2,1H3,(H,20,22). The van der Waals surface area contributed by atoms with Crippen LogP contribution in [0.4, 0.5) is 0 Å². The topological polar surface area (TPSA) is 51.2 Å². The fraction of sp³-hybridized carbons (Fsp3) is 0.474. The van der Waals surface area contributed by atoms with Crippen LogP contribution in [0.15, 0.2) is 34.0 Å². The lowest BCUT2D eigenvalue weighted by atomic mass is 10.1. The average molecular weight is 377 g/mol. The number of rotatable bonds is 10. The summed E-state index contributed by atoms with van der Waals surface area (Å²) in [5.74, 6) is 1.65. The molecule has 1 aliphatic carbocycles. The Kier molecular flexibility index (Phi) is 6.90. The molecule has 1 fully saturated rings. The monoisotopic (exact) mass is 376 g/mol. The Balaban J connectivity index is 1.34. The zero-order valence-electron chi connectivity index (χ0n) is 14.5. The molecule has 2 aromatic rings. The van der Waals surface area contributed by atoms with Gasteiger partial charge >= 0.3 is 0 Å². The lowest BCUT2D eigenvalue weighted by Crippen LogP contribution is -2.25. The number of amides is 1. The van der Waals surface area contributed by atoms with Crippen LogP contribution in [0.3, 0.4) is 0 Å². The van der Waals surface area contributed by atoms with Crippen molar-refractivity contribution in [1.29, 1.82) is 0 Å². The SMILES string of the molecule is Cc1csc(SCc2ccc(C(=O)NCCCOCC3CC3)cc2)n1. The third-order valence-electron chi connectivity index (χ3n) is 3.98. The number of carbonyl (C=O) groups excluding carboxylic acids is 1. The summed E-state index contributed by atoms with van der Waals surface area (Å²) >= 11 is 3.40. The molecule has 1 N–H and O–H groups in total. The molecule has 0 saturated heterocycles. The number of thiazole rings is 1. The Bertz CT molecular complexity index is 681. The predicted octanol–water partition coefficient (Wildman–Crippen LogP) is 4.29. The van der Waals surface area contributed by atoms with E-state index in [4.69, 9.17) is 4.74 Å². The van der Waals surface area contributed by atoms with Gasteiger partial charge in [0.1, 0.15) is 4.34 Å². The Morgan fingerprint density at radius 1 is 1.36 bits per heavy atom. The number of nitrogens with zero attached hydrogens (tertiary/aromatic N) is 1. The highest BCUT2D eigenvalue weighted by Crippen LogP contribution is 2.28. The molecule has 1 amide bonds. The highest BCUT2D eigenvalue weighted by molar-refractivity contribution is 8.00. The Labute approximate surface area is 157 Å². The van der Waals surface area contributed by atoms with E-state index in [0.29, 0.717) is 12.1 Å². The summed E-state index contributed by atoms with van der Waals surface area (Å²) in [7, 11) is 0. The number of carbonyl (C=O) groups is 1. The van der Waals surface area contributed by atoms with Gasteiger partial charge in [0.05, 0.1) is 0 Å². The molecular weight excluding hydrogens is 352 g/mol. The number of nitrogens with one attached hydrogen (secondary N) is 1. The van der Waals surface area contributed by atoms with Crippen molar-refractivity contribution in [3.8, 4) is 0 Å². The molecule has 6 heteroatoms. The number of hydrogen-bond acceptors (Lipinski definition) is 5. The van der Waals surface area contributed by atoms with Crippen LogP contribution in [-0.2, 0) is 10.5 Å². The van der Waals surface area contributed by atoms with E-state index >= 15 is 0 Å². The van der Waals surface area contributed by atoms with Crippen LogP contribution in [0.1, 0.15) is 40.9 Å². The smallest absolute Gasteiger partial charge is 0.251 e. The molecule has 25 heavy (non-hydrogen) atoms. The quantitative estimate of drug-likeness (QED) is 0.496. The second kappa shape index (κ2) is 9.36. The fourth-order valence-electron chi connectivity index (χ4n) is 2.31. The number of aromatic nitrogens is 1. The first-order valence-electron chi connectivity index (χ1n) is 8.70. The third kappa shape index (κ3) is 6.45. The predicted molar refractivity (Wildman–Crippen MR) is 103 cm³/mol. The Morgan fingerprint density at radius 3 is 2.84 bits per heavy atom. The average Bonchev–Trinajstić information content (AvgIpc) is 3.36. The van der Waals surface area contributed by atoms with Gasteiger partial charge in [-0.2, -0.15) is 0 Å². The molecule has 1 saturated carbocycles. The van der Waals surface area contributed by atoms with Gasteiger partial charge < -0.3 is 10.1 Å². The summed E-state index contributed by atoms with van der Waals surface area (Å²) in [6.45, 7) is 4.27. The third-order valence-corrected chi connectivity index (χ3v) is 6.19. The molecule has 0 aliphatic heterocycles. The fourth-order valence-corrected chi connectivity index (χ4v) is 4.11. The van der Waals surface area contributed by atoms with Crippen molar-refractivity contribution >= 4 is 29.0 Å². The van der Waals surface area contributed by atoms with Crippen LogP contribution in [-0.4, -0.2) is 30.6 Å². The number of hydrogen-bond donors (Lipinski definition) is 1. The summed E-state index contributed by atoms with van der Waals surface area (Å²) in [4.78, 5) is 16.6. The molecule has 1 aromatic carbocycles. The summed E-state index contributed by atoms with van der Waals surface area (Å²) < 4.78 is 6.65. The summed E-state index contributed by atoms with van der Waals surface area (Å²) in [6, 6.07) is 7.81. The van der Waals surface area contributed by atoms with Gasteiger partial charge in [0, 0.05) is 42.1 Å². The zero-order chi connectivity index (χ0) is 17.5. The van der Waals surface area contributed by atoms with E-state index in [1.807, 2.05) is 31.2 Å². The Morgan fingerprint density at radius 2 is 2.16 bits per heavy atom.